The van der Waals surface area contributed by atoms with Gasteiger partial charge in [0.1, 0.15) is 6.54 Å². The van der Waals surface area contributed by atoms with Crippen LogP contribution < -0.4 is 9.62 Å². The average Bonchev–Trinajstić information content (AvgIpc) is 2.65. The molecule has 0 radical (unpaired) electrons. The summed E-state index contributed by atoms with van der Waals surface area (Å²) in [5.74, 6) is -0.680. The fraction of sp³-hybridized carbons (Fsp3) is 0.350. The number of nitrogens with zero attached hydrogens (tertiary/aromatic N) is 1. The van der Waals surface area contributed by atoms with E-state index < -0.39 is 45.9 Å². The van der Waals surface area contributed by atoms with Crippen LogP contribution in [-0.4, -0.2) is 27.1 Å². The largest absolute Gasteiger partial charge is 0.416 e. The fourth-order valence-electron chi connectivity index (χ4n) is 2.80. The van der Waals surface area contributed by atoms with Gasteiger partial charge in [0.2, 0.25) is 15.9 Å². The second-order valence-corrected chi connectivity index (χ2v) is 9.13. The van der Waals surface area contributed by atoms with Gasteiger partial charge in [0.25, 0.3) is 0 Å². The zero-order chi connectivity index (χ0) is 22.7. The highest BCUT2D eigenvalue weighted by Gasteiger charge is 2.33. The van der Waals surface area contributed by atoms with E-state index in [9.17, 15) is 26.4 Å². The van der Waals surface area contributed by atoms with Crippen molar-refractivity contribution in [2.75, 3.05) is 17.1 Å². The number of hydrogen-bond donors (Lipinski definition) is 1. The van der Waals surface area contributed by atoms with Crippen LogP contribution in [0.1, 0.15) is 36.6 Å². The van der Waals surface area contributed by atoms with Crippen LogP contribution in [0.5, 0.6) is 0 Å². The van der Waals surface area contributed by atoms with E-state index in [0.717, 1.165) is 35.9 Å². The summed E-state index contributed by atoms with van der Waals surface area (Å²) in [4.78, 5) is 12.5. The van der Waals surface area contributed by atoms with Gasteiger partial charge >= 0.3 is 6.18 Å². The average molecular weight is 463 g/mol. The molecule has 0 spiro atoms. The molecule has 164 valence electrons. The first kappa shape index (κ1) is 24.0. The van der Waals surface area contributed by atoms with Crippen molar-refractivity contribution >= 4 is 33.2 Å². The lowest BCUT2D eigenvalue weighted by Gasteiger charge is -2.25. The lowest BCUT2D eigenvalue weighted by molar-refractivity contribution is -0.137. The number of aryl methyl sites for hydroxylation is 1. The maximum absolute atomic E-state index is 13.0. The molecule has 1 amide bonds. The minimum absolute atomic E-state index is 0.218. The van der Waals surface area contributed by atoms with Crippen LogP contribution in [0.25, 0.3) is 0 Å². The summed E-state index contributed by atoms with van der Waals surface area (Å²) in [5.41, 5.74) is 0.452. The summed E-state index contributed by atoms with van der Waals surface area (Å²) >= 11 is 5.96. The fourth-order valence-corrected chi connectivity index (χ4v) is 3.93. The monoisotopic (exact) mass is 462 g/mol. The van der Waals surface area contributed by atoms with Crippen LogP contribution in [0.4, 0.5) is 18.9 Å². The topological polar surface area (TPSA) is 66.5 Å². The predicted molar refractivity (Wildman–Crippen MR) is 111 cm³/mol. The Bertz CT molecular complexity index is 1010. The van der Waals surface area contributed by atoms with E-state index in [1.165, 1.54) is 0 Å². The first-order valence-corrected chi connectivity index (χ1v) is 11.3. The van der Waals surface area contributed by atoms with E-state index in [1.807, 2.05) is 31.2 Å². The summed E-state index contributed by atoms with van der Waals surface area (Å²) in [7, 11) is -4.09. The SMILES string of the molecule is CCc1ccc([C@@H](C)NC(=O)CN(c2cc(C(F)(F)F)ccc2Cl)S(C)(=O)=O)cc1. The predicted octanol–water partition coefficient (Wildman–Crippen LogP) is 4.56. The van der Waals surface area contributed by atoms with Gasteiger partial charge < -0.3 is 5.32 Å². The van der Waals surface area contributed by atoms with Gasteiger partial charge in [-0.3, -0.25) is 9.10 Å². The molecule has 0 saturated heterocycles. The Hall–Kier alpha value is -2.26. The van der Waals surface area contributed by atoms with Crippen LogP contribution in [0.2, 0.25) is 5.02 Å². The molecule has 0 heterocycles. The van der Waals surface area contributed by atoms with Crippen LogP contribution >= 0.6 is 11.6 Å². The molecule has 0 bridgehead atoms. The number of anilines is 1. The molecule has 0 saturated carbocycles. The summed E-state index contributed by atoms with van der Waals surface area (Å²) in [6.07, 6.45) is -3.03. The first-order chi connectivity index (χ1) is 13.8. The summed E-state index contributed by atoms with van der Waals surface area (Å²) in [6.45, 7) is 3.02. The molecule has 2 rings (SSSR count). The number of benzene rings is 2. The molecule has 0 fully saturated rings. The molecule has 0 aliphatic rings. The van der Waals surface area contributed by atoms with Crippen molar-refractivity contribution in [3.05, 3.63) is 64.2 Å². The highest BCUT2D eigenvalue weighted by Crippen LogP contribution is 2.36. The third-order valence-corrected chi connectivity index (χ3v) is 5.94. The number of nitrogens with one attached hydrogen (secondary N) is 1. The van der Waals surface area contributed by atoms with E-state index in [2.05, 4.69) is 5.32 Å². The van der Waals surface area contributed by atoms with Gasteiger partial charge in [-0.2, -0.15) is 13.2 Å². The van der Waals surface area contributed by atoms with Crippen LogP contribution in [0, 0.1) is 0 Å². The Morgan fingerprint density at radius 1 is 1.17 bits per heavy atom. The third kappa shape index (κ3) is 6.12. The maximum atomic E-state index is 13.0. The third-order valence-electron chi connectivity index (χ3n) is 4.50. The molecular formula is C20H22ClF3N2O3S. The van der Waals surface area contributed by atoms with E-state index in [4.69, 9.17) is 11.6 Å². The molecule has 0 aliphatic carbocycles. The first-order valence-electron chi connectivity index (χ1n) is 9.05. The van der Waals surface area contributed by atoms with Gasteiger partial charge in [0.05, 0.1) is 28.6 Å². The number of alkyl halides is 3. The number of hydrogen-bond acceptors (Lipinski definition) is 3. The van der Waals surface area contributed by atoms with Crippen molar-refractivity contribution in [2.24, 2.45) is 0 Å². The number of halogens is 4. The van der Waals surface area contributed by atoms with E-state index in [1.54, 1.807) is 6.92 Å². The highest BCUT2D eigenvalue weighted by molar-refractivity contribution is 7.92. The number of amides is 1. The quantitative estimate of drug-likeness (QED) is 0.655. The van der Waals surface area contributed by atoms with Gasteiger partial charge in [0, 0.05) is 0 Å². The summed E-state index contributed by atoms with van der Waals surface area (Å²) in [5, 5.41) is 2.44. The van der Waals surface area contributed by atoms with Gasteiger partial charge in [-0.1, -0.05) is 42.8 Å². The molecule has 1 atom stereocenters. The Labute approximate surface area is 178 Å². The standard InChI is InChI=1S/C20H22ClF3N2O3S/c1-4-14-5-7-15(8-6-14)13(2)25-19(27)12-26(30(3,28)29)18-11-16(20(22,23)24)9-10-17(18)21/h5-11,13H,4,12H2,1-3H3,(H,25,27)/t13-/m1/s1. The molecule has 0 aliphatic heterocycles. The Kier molecular flexibility index (Phi) is 7.41. The smallest absolute Gasteiger partial charge is 0.348 e. The molecule has 0 aromatic heterocycles. The second kappa shape index (κ2) is 9.26. The van der Waals surface area contributed by atoms with Crippen molar-refractivity contribution in [3.8, 4) is 0 Å². The molecule has 10 heteroatoms. The lowest BCUT2D eigenvalue weighted by Crippen LogP contribution is -2.41. The van der Waals surface area contributed by atoms with Crippen molar-refractivity contribution < 1.29 is 26.4 Å². The summed E-state index contributed by atoms with van der Waals surface area (Å²) < 4.78 is 64.1. The van der Waals surface area contributed by atoms with Crippen molar-refractivity contribution in [1.29, 1.82) is 0 Å². The minimum atomic E-state index is -4.69. The molecule has 2 aromatic rings. The molecule has 5 nitrogen and oxygen atoms in total. The van der Waals surface area contributed by atoms with E-state index in [-0.39, 0.29) is 5.02 Å². The Morgan fingerprint density at radius 3 is 2.27 bits per heavy atom. The van der Waals surface area contributed by atoms with Gasteiger partial charge in [-0.15, -0.1) is 0 Å². The van der Waals surface area contributed by atoms with Gasteiger partial charge in [-0.05, 0) is 42.7 Å². The van der Waals surface area contributed by atoms with Crippen molar-refractivity contribution in [2.45, 2.75) is 32.5 Å². The van der Waals surface area contributed by atoms with Crippen LogP contribution in [0.15, 0.2) is 42.5 Å². The molecule has 1 N–H and O–H groups in total. The lowest BCUT2D eigenvalue weighted by atomic mass is 10.1. The Morgan fingerprint density at radius 2 is 1.77 bits per heavy atom. The molecular weight excluding hydrogens is 441 g/mol. The van der Waals surface area contributed by atoms with E-state index >= 15 is 0 Å². The number of rotatable bonds is 7. The normalized spacial score (nSPS) is 13.0. The molecule has 2 aromatic carbocycles. The van der Waals surface area contributed by atoms with Gasteiger partial charge in [0.15, 0.2) is 0 Å². The van der Waals surface area contributed by atoms with E-state index in [0.29, 0.717) is 10.4 Å². The maximum Gasteiger partial charge on any atom is 0.416 e. The molecule has 0 unspecified atom stereocenters. The minimum Gasteiger partial charge on any atom is -0.348 e. The van der Waals surface area contributed by atoms with Crippen LogP contribution in [-0.2, 0) is 27.4 Å². The zero-order valence-electron chi connectivity index (χ0n) is 16.6. The number of sulfonamides is 1. The molecule has 30 heavy (non-hydrogen) atoms. The van der Waals surface area contributed by atoms with Crippen LogP contribution in [0.3, 0.4) is 0 Å². The van der Waals surface area contributed by atoms with Crippen molar-refractivity contribution in [3.63, 3.8) is 0 Å². The number of carbonyl (C=O) groups is 1. The second-order valence-electron chi connectivity index (χ2n) is 6.82. The zero-order valence-corrected chi connectivity index (χ0v) is 18.2. The Balaban J connectivity index is 2.26. The highest BCUT2D eigenvalue weighted by atomic mass is 35.5. The number of carbonyl (C=O) groups excluding carboxylic acids is 1. The summed E-state index contributed by atoms with van der Waals surface area (Å²) in [6, 6.07) is 9.42. The van der Waals surface area contributed by atoms with Gasteiger partial charge in [-0.25, -0.2) is 8.42 Å². The van der Waals surface area contributed by atoms with Crippen molar-refractivity contribution in [1.82, 2.24) is 5.32 Å².